The molecule has 0 fully saturated rings. The van der Waals surface area contributed by atoms with Crippen molar-refractivity contribution in [2.45, 2.75) is 65.2 Å². The van der Waals surface area contributed by atoms with Gasteiger partial charge in [-0.05, 0) is 37.8 Å². The summed E-state index contributed by atoms with van der Waals surface area (Å²) in [4.78, 5) is 24.1. The molecule has 0 atom stereocenters. The van der Waals surface area contributed by atoms with Crippen molar-refractivity contribution in [1.29, 1.82) is 0 Å². The highest BCUT2D eigenvalue weighted by atomic mass is 16.3. The molecule has 4 N–H and O–H groups in total. The SMILES string of the molecule is CCCCC/C=C/C(=O)NC[N+](CCO)(CCO)CNC(=O)/C=C/CCCCC. The summed E-state index contributed by atoms with van der Waals surface area (Å²) >= 11 is 0. The first-order valence-electron chi connectivity index (χ1n) is 11.0. The number of allylic oxidation sites excluding steroid dienone is 2. The molecule has 29 heavy (non-hydrogen) atoms. The predicted octanol–water partition coefficient (Wildman–Crippen LogP) is 2.21. The van der Waals surface area contributed by atoms with E-state index in [-0.39, 0.29) is 42.8 Å². The number of nitrogens with zero attached hydrogens (tertiary/aromatic N) is 1. The highest BCUT2D eigenvalue weighted by Gasteiger charge is 2.27. The second-order valence-electron chi connectivity index (χ2n) is 7.43. The highest BCUT2D eigenvalue weighted by Crippen LogP contribution is 2.04. The highest BCUT2D eigenvalue weighted by molar-refractivity contribution is 5.87. The molecular formula is C22H42N3O4+. The molecule has 7 heteroatoms. The lowest BCUT2D eigenvalue weighted by atomic mass is 10.2. The van der Waals surface area contributed by atoms with E-state index in [1.165, 1.54) is 12.2 Å². The second-order valence-corrected chi connectivity index (χ2v) is 7.43. The van der Waals surface area contributed by atoms with Crippen LogP contribution in [0.4, 0.5) is 0 Å². The molecular weight excluding hydrogens is 370 g/mol. The third-order valence-electron chi connectivity index (χ3n) is 4.81. The summed E-state index contributed by atoms with van der Waals surface area (Å²) in [7, 11) is 0. The molecule has 0 bridgehead atoms. The quantitative estimate of drug-likeness (QED) is 0.120. The Balaban J connectivity index is 4.63. The number of carbonyl (C=O) groups excluding carboxylic acids is 2. The molecule has 0 aliphatic heterocycles. The fourth-order valence-electron chi connectivity index (χ4n) is 2.92. The minimum absolute atomic E-state index is 0.106. The molecule has 168 valence electrons. The van der Waals surface area contributed by atoms with Crippen LogP contribution in [0, 0.1) is 0 Å². The molecule has 0 saturated heterocycles. The van der Waals surface area contributed by atoms with Gasteiger partial charge in [-0.3, -0.25) is 14.1 Å². The molecule has 0 aliphatic rings. The molecule has 0 spiro atoms. The van der Waals surface area contributed by atoms with Gasteiger partial charge in [0.25, 0.3) is 0 Å². The lowest BCUT2D eigenvalue weighted by Crippen LogP contribution is -2.61. The van der Waals surface area contributed by atoms with E-state index in [1.54, 1.807) is 0 Å². The van der Waals surface area contributed by atoms with Crippen molar-refractivity contribution in [3.63, 3.8) is 0 Å². The van der Waals surface area contributed by atoms with E-state index in [4.69, 9.17) is 0 Å². The van der Waals surface area contributed by atoms with Gasteiger partial charge in [0.15, 0.2) is 13.3 Å². The molecule has 0 heterocycles. The summed E-state index contributed by atoms with van der Waals surface area (Å²) < 4.78 is 0.178. The van der Waals surface area contributed by atoms with Crippen LogP contribution in [0.15, 0.2) is 24.3 Å². The van der Waals surface area contributed by atoms with Crippen LogP contribution in [0.2, 0.25) is 0 Å². The zero-order valence-corrected chi connectivity index (χ0v) is 18.4. The number of rotatable bonds is 18. The van der Waals surface area contributed by atoms with Gasteiger partial charge in [-0.1, -0.05) is 51.7 Å². The first-order chi connectivity index (χ1) is 14.0. The zero-order chi connectivity index (χ0) is 21.8. The summed E-state index contributed by atoms with van der Waals surface area (Å²) in [6, 6.07) is 0. The number of hydrogen-bond acceptors (Lipinski definition) is 4. The van der Waals surface area contributed by atoms with Crippen LogP contribution in [-0.4, -0.2) is 66.2 Å². The van der Waals surface area contributed by atoms with Crippen molar-refractivity contribution in [3.8, 4) is 0 Å². The first-order valence-corrected chi connectivity index (χ1v) is 11.0. The Morgan fingerprint density at radius 2 is 1.17 bits per heavy atom. The number of hydrogen-bond donors (Lipinski definition) is 4. The molecule has 0 aliphatic carbocycles. The van der Waals surface area contributed by atoms with E-state index >= 15 is 0 Å². The number of quaternary nitrogens is 1. The van der Waals surface area contributed by atoms with Gasteiger partial charge in [0.1, 0.15) is 13.1 Å². The van der Waals surface area contributed by atoms with Gasteiger partial charge in [0.2, 0.25) is 11.8 Å². The number of carbonyl (C=O) groups is 2. The maximum Gasteiger partial charge on any atom is 0.247 e. The summed E-state index contributed by atoms with van der Waals surface area (Å²) in [6.07, 6.45) is 15.2. The van der Waals surface area contributed by atoms with E-state index < -0.39 is 0 Å². The number of nitrogens with one attached hydrogen (secondary N) is 2. The maximum atomic E-state index is 12.1. The first kappa shape index (κ1) is 27.3. The fourth-order valence-corrected chi connectivity index (χ4v) is 2.92. The van der Waals surface area contributed by atoms with Crippen molar-refractivity contribution >= 4 is 11.8 Å². The Bertz CT molecular complexity index is 448. The van der Waals surface area contributed by atoms with E-state index in [2.05, 4.69) is 24.5 Å². The molecule has 0 saturated carbocycles. The molecule has 0 unspecified atom stereocenters. The van der Waals surface area contributed by atoms with Gasteiger partial charge in [-0.15, -0.1) is 0 Å². The minimum Gasteiger partial charge on any atom is -0.391 e. The third kappa shape index (κ3) is 14.9. The standard InChI is InChI=1S/C22H41N3O4/c1-3-5-7-9-11-13-21(28)23-19-25(15-17-26,16-18-27)20-24-22(29)14-12-10-8-6-4-2/h11-14,26-27H,3-10,15-20H2,1-2H3,(H-,23,24,28,29)/p+1/b13-11+,14-12+. The summed E-state index contributed by atoms with van der Waals surface area (Å²) in [6.45, 7) is 5.15. The number of unbranched alkanes of at least 4 members (excludes halogenated alkanes) is 6. The Morgan fingerprint density at radius 1 is 0.759 bits per heavy atom. The maximum absolute atomic E-state index is 12.1. The van der Waals surface area contributed by atoms with Crippen molar-refractivity contribution in [2.24, 2.45) is 0 Å². The van der Waals surface area contributed by atoms with Crippen LogP contribution >= 0.6 is 0 Å². The second kappa shape index (κ2) is 18.3. The molecule has 0 rings (SSSR count). The minimum atomic E-state index is -0.206. The largest absolute Gasteiger partial charge is 0.391 e. The van der Waals surface area contributed by atoms with Crippen LogP contribution in [0.3, 0.4) is 0 Å². The van der Waals surface area contributed by atoms with Gasteiger partial charge in [-0.25, -0.2) is 0 Å². The zero-order valence-electron chi connectivity index (χ0n) is 18.4. The Kier molecular flexibility index (Phi) is 17.3. The van der Waals surface area contributed by atoms with Crippen molar-refractivity contribution in [2.75, 3.05) is 39.6 Å². The average molecular weight is 413 g/mol. The number of aliphatic hydroxyl groups excluding tert-OH is 2. The van der Waals surface area contributed by atoms with E-state index in [9.17, 15) is 19.8 Å². The molecule has 0 aromatic heterocycles. The predicted molar refractivity (Wildman–Crippen MR) is 117 cm³/mol. The van der Waals surface area contributed by atoms with Gasteiger partial charge in [-0.2, -0.15) is 0 Å². The van der Waals surface area contributed by atoms with Gasteiger partial charge in [0.05, 0.1) is 13.2 Å². The number of aliphatic hydroxyl groups is 2. The van der Waals surface area contributed by atoms with Crippen LogP contribution in [0.5, 0.6) is 0 Å². The van der Waals surface area contributed by atoms with Gasteiger partial charge < -0.3 is 20.8 Å². The van der Waals surface area contributed by atoms with Crippen LogP contribution in [0.25, 0.3) is 0 Å². The average Bonchev–Trinajstić information content (AvgIpc) is 2.71. The fraction of sp³-hybridized carbons (Fsp3) is 0.727. The molecule has 0 aromatic carbocycles. The Morgan fingerprint density at radius 3 is 1.52 bits per heavy atom. The van der Waals surface area contributed by atoms with Crippen LogP contribution in [0.1, 0.15) is 65.2 Å². The molecule has 2 amide bonds. The number of amides is 2. The van der Waals surface area contributed by atoms with Crippen molar-refractivity contribution in [1.82, 2.24) is 10.6 Å². The van der Waals surface area contributed by atoms with Gasteiger partial charge in [0, 0.05) is 0 Å². The lowest BCUT2D eigenvalue weighted by Gasteiger charge is -2.37. The summed E-state index contributed by atoms with van der Waals surface area (Å²) in [5.74, 6) is -0.413. The lowest BCUT2D eigenvalue weighted by molar-refractivity contribution is -0.932. The molecule has 0 aromatic rings. The Labute approximate surface area is 176 Å². The Hall–Kier alpha value is -1.70. The monoisotopic (exact) mass is 412 g/mol. The molecule has 0 radical (unpaired) electrons. The summed E-state index contributed by atoms with van der Waals surface area (Å²) in [5, 5.41) is 24.6. The van der Waals surface area contributed by atoms with Crippen LogP contribution < -0.4 is 10.6 Å². The third-order valence-corrected chi connectivity index (χ3v) is 4.81. The van der Waals surface area contributed by atoms with Crippen LogP contribution in [-0.2, 0) is 9.59 Å². The molecule has 7 nitrogen and oxygen atoms in total. The topological polar surface area (TPSA) is 98.7 Å². The van der Waals surface area contributed by atoms with Crippen molar-refractivity contribution in [3.05, 3.63) is 24.3 Å². The normalized spacial score (nSPS) is 12.0. The van der Waals surface area contributed by atoms with E-state index in [0.717, 1.165) is 51.4 Å². The van der Waals surface area contributed by atoms with Crippen molar-refractivity contribution < 1.29 is 24.3 Å². The summed E-state index contributed by atoms with van der Waals surface area (Å²) in [5.41, 5.74) is 0. The smallest absolute Gasteiger partial charge is 0.247 e. The van der Waals surface area contributed by atoms with Gasteiger partial charge >= 0.3 is 0 Å². The van der Waals surface area contributed by atoms with E-state index in [0.29, 0.717) is 13.1 Å². The van der Waals surface area contributed by atoms with E-state index in [1.807, 2.05) is 12.2 Å².